The first-order valence-corrected chi connectivity index (χ1v) is 7.58. The van der Waals surface area contributed by atoms with Gasteiger partial charge in [0.15, 0.2) is 0 Å². The van der Waals surface area contributed by atoms with Crippen molar-refractivity contribution in [1.29, 1.82) is 0 Å². The maximum atomic E-state index is 12.3. The quantitative estimate of drug-likeness (QED) is 0.801. The third-order valence-electron chi connectivity index (χ3n) is 5.26. The molecule has 0 aromatic rings. The van der Waals surface area contributed by atoms with Gasteiger partial charge in [0, 0.05) is 44.5 Å². The lowest BCUT2D eigenvalue weighted by Crippen LogP contribution is -2.58. The lowest BCUT2D eigenvalue weighted by molar-refractivity contribution is -0.0814. The van der Waals surface area contributed by atoms with Crippen LogP contribution in [0, 0.1) is 0 Å². The summed E-state index contributed by atoms with van der Waals surface area (Å²) in [5.41, 5.74) is -0.176. The summed E-state index contributed by atoms with van der Waals surface area (Å²) in [7, 11) is 0. The molecule has 4 aliphatic rings. The molecule has 1 spiro atoms. The van der Waals surface area contributed by atoms with Gasteiger partial charge < -0.3 is 19.7 Å². The zero-order valence-corrected chi connectivity index (χ0v) is 12.5. The van der Waals surface area contributed by atoms with E-state index in [1.54, 1.807) is 0 Å². The molecular formula is C14H23ClN2O3. The van der Waals surface area contributed by atoms with Gasteiger partial charge >= 0.3 is 6.09 Å². The zero-order chi connectivity index (χ0) is 12.9. The van der Waals surface area contributed by atoms with Crippen molar-refractivity contribution in [3.63, 3.8) is 0 Å². The lowest BCUT2D eigenvalue weighted by Gasteiger charge is -2.46. The molecule has 4 rings (SSSR count). The van der Waals surface area contributed by atoms with Crippen LogP contribution in [0.4, 0.5) is 4.79 Å². The van der Waals surface area contributed by atoms with E-state index >= 15 is 0 Å². The number of hydrogen-bond donors (Lipinski definition) is 1. The van der Waals surface area contributed by atoms with Gasteiger partial charge in [-0.2, -0.15) is 0 Å². The van der Waals surface area contributed by atoms with Crippen LogP contribution in [0.25, 0.3) is 0 Å². The summed E-state index contributed by atoms with van der Waals surface area (Å²) in [4.78, 5) is 14.2. The van der Waals surface area contributed by atoms with Crippen LogP contribution in [0.3, 0.4) is 0 Å². The van der Waals surface area contributed by atoms with Crippen LogP contribution in [0.5, 0.6) is 0 Å². The monoisotopic (exact) mass is 302 g/mol. The van der Waals surface area contributed by atoms with Gasteiger partial charge in [-0.15, -0.1) is 12.4 Å². The van der Waals surface area contributed by atoms with E-state index in [-0.39, 0.29) is 30.1 Å². The van der Waals surface area contributed by atoms with E-state index in [0.717, 1.165) is 38.8 Å². The van der Waals surface area contributed by atoms with Gasteiger partial charge in [-0.25, -0.2) is 4.79 Å². The first kappa shape index (κ1) is 14.4. The number of halogens is 1. The minimum Gasteiger partial charge on any atom is -0.443 e. The SMILES string of the molecule is Cl.O=C1OC2(CCN1C1CCOC1)C[C@H]1CC[C@@H](C2)N1. The first-order valence-electron chi connectivity index (χ1n) is 7.58. The highest BCUT2D eigenvalue weighted by Gasteiger charge is 2.50. The average molecular weight is 303 g/mol. The highest BCUT2D eigenvalue weighted by molar-refractivity contribution is 5.85. The standard InChI is InChI=1S/C14H22N2O3.ClH/c17-13-16(12-3-6-18-9-12)5-4-14(19-13)7-10-1-2-11(8-14)15-10;/h10-12,15H,1-9H2;1H/t10-,11+,12?,14?;. The summed E-state index contributed by atoms with van der Waals surface area (Å²) in [5.74, 6) is 0. The molecule has 0 aromatic heterocycles. The second kappa shape index (κ2) is 5.35. The molecule has 0 radical (unpaired) electrons. The molecule has 0 aliphatic carbocycles. The van der Waals surface area contributed by atoms with Gasteiger partial charge in [-0.3, -0.25) is 0 Å². The Labute approximate surface area is 125 Å². The summed E-state index contributed by atoms with van der Waals surface area (Å²) in [6, 6.07) is 1.36. The fourth-order valence-electron chi connectivity index (χ4n) is 4.30. The maximum Gasteiger partial charge on any atom is 0.410 e. The first-order chi connectivity index (χ1) is 9.24. The van der Waals surface area contributed by atoms with E-state index in [9.17, 15) is 4.79 Å². The Bertz CT molecular complexity index is 375. The molecule has 4 atom stereocenters. The highest BCUT2D eigenvalue weighted by Crippen LogP contribution is 2.41. The van der Waals surface area contributed by atoms with E-state index in [2.05, 4.69) is 5.32 Å². The summed E-state index contributed by atoms with van der Waals surface area (Å²) in [6.07, 6.45) is 6.32. The number of carbonyl (C=O) groups is 1. The van der Waals surface area contributed by atoms with Crippen molar-refractivity contribution in [2.75, 3.05) is 19.8 Å². The topological polar surface area (TPSA) is 50.8 Å². The molecule has 4 aliphatic heterocycles. The zero-order valence-electron chi connectivity index (χ0n) is 11.7. The molecule has 1 N–H and O–H groups in total. The Balaban J connectivity index is 0.00000121. The summed E-state index contributed by atoms with van der Waals surface area (Å²) < 4.78 is 11.3. The van der Waals surface area contributed by atoms with E-state index in [1.807, 2.05) is 4.90 Å². The number of ether oxygens (including phenoxy) is 2. The predicted molar refractivity (Wildman–Crippen MR) is 76.2 cm³/mol. The van der Waals surface area contributed by atoms with Crippen LogP contribution in [0.15, 0.2) is 0 Å². The smallest absolute Gasteiger partial charge is 0.410 e. The van der Waals surface area contributed by atoms with E-state index in [4.69, 9.17) is 9.47 Å². The molecule has 4 heterocycles. The molecule has 2 bridgehead atoms. The summed E-state index contributed by atoms with van der Waals surface area (Å²) >= 11 is 0. The van der Waals surface area contributed by atoms with Gasteiger partial charge in [0.1, 0.15) is 5.60 Å². The highest BCUT2D eigenvalue weighted by atomic mass is 35.5. The number of nitrogens with one attached hydrogen (secondary N) is 1. The average Bonchev–Trinajstić information content (AvgIpc) is 3.00. The number of piperidine rings is 1. The number of fused-ring (bicyclic) bond motifs is 2. The van der Waals surface area contributed by atoms with Crippen molar-refractivity contribution in [2.24, 2.45) is 0 Å². The van der Waals surface area contributed by atoms with Crippen molar-refractivity contribution in [1.82, 2.24) is 10.2 Å². The second-order valence-corrected chi connectivity index (χ2v) is 6.56. The van der Waals surface area contributed by atoms with Crippen molar-refractivity contribution >= 4 is 18.5 Å². The molecule has 4 fully saturated rings. The minimum absolute atomic E-state index is 0. The van der Waals surface area contributed by atoms with Gasteiger partial charge in [0.2, 0.25) is 0 Å². The normalized spacial score (nSPS) is 43.5. The van der Waals surface area contributed by atoms with Crippen LogP contribution < -0.4 is 5.32 Å². The Morgan fingerprint density at radius 3 is 2.55 bits per heavy atom. The molecule has 20 heavy (non-hydrogen) atoms. The largest absolute Gasteiger partial charge is 0.443 e. The maximum absolute atomic E-state index is 12.3. The number of amides is 1. The molecule has 5 nitrogen and oxygen atoms in total. The minimum atomic E-state index is -0.176. The molecule has 114 valence electrons. The van der Waals surface area contributed by atoms with Gasteiger partial charge in [-0.05, 0) is 19.3 Å². The van der Waals surface area contributed by atoms with Gasteiger partial charge in [0.05, 0.1) is 12.6 Å². The van der Waals surface area contributed by atoms with E-state index < -0.39 is 0 Å². The number of rotatable bonds is 1. The number of nitrogens with zero attached hydrogens (tertiary/aromatic N) is 1. The van der Waals surface area contributed by atoms with Crippen LogP contribution in [0.1, 0.15) is 38.5 Å². The number of carbonyl (C=O) groups excluding carboxylic acids is 1. The van der Waals surface area contributed by atoms with Gasteiger partial charge in [0.25, 0.3) is 0 Å². The van der Waals surface area contributed by atoms with E-state index in [1.165, 1.54) is 12.8 Å². The fourth-order valence-corrected chi connectivity index (χ4v) is 4.30. The van der Waals surface area contributed by atoms with Crippen molar-refractivity contribution in [3.05, 3.63) is 0 Å². The third kappa shape index (κ3) is 2.40. The van der Waals surface area contributed by atoms with Gasteiger partial charge in [-0.1, -0.05) is 0 Å². The van der Waals surface area contributed by atoms with E-state index in [0.29, 0.717) is 18.7 Å². The third-order valence-corrected chi connectivity index (χ3v) is 5.26. The Kier molecular flexibility index (Phi) is 3.86. The Morgan fingerprint density at radius 1 is 1.20 bits per heavy atom. The Morgan fingerprint density at radius 2 is 1.95 bits per heavy atom. The summed E-state index contributed by atoms with van der Waals surface area (Å²) in [5, 5.41) is 3.62. The second-order valence-electron chi connectivity index (χ2n) is 6.56. The lowest BCUT2D eigenvalue weighted by atomic mass is 9.83. The van der Waals surface area contributed by atoms with Crippen molar-refractivity contribution in [2.45, 2.75) is 62.3 Å². The van der Waals surface area contributed by atoms with Crippen molar-refractivity contribution < 1.29 is 14.3 Å². The van der Waals surface area contributed by atoms with Crippen molar-refractivity contribution in [3.8, 4) is 0 Å². The molecule has 1 amide bonds. The molecule has 4 saturated heterocycles. The predicted octanol–water partition coefficient (Wildman–Crippen LogP) is 1.69. The molecular weight excluding hydrogens is 280 g/mol. The molecule has 0 aromatic carbocycles. The molecule has 2 unspecified atom stereocenters. The van der Waals surface area contributed by atoms with Crippen LogP contribution in [-0.4, -0.2) is 54.5 Å². The molecule has 6 heteroatoms. The Hall–Kier alpha value is -0.520. The number of hydrogen-bond acceptors (Lipinski definition) is 4. The van der Waals surface area contributed by atoms with Crippen LogP contribution >= 0.6 is 12.4 Å². The van der Waals surface area contributed by atoms with Crippen LogP contribution in [0.2, 0.25) is 0 Å². The fraction of sp³-hybridized carbons (Fsp3) is 0.929. The van der Waals surface area contributed by atoms with Crippen LogP contribution in [-0.2, 0) is 9.47 Å². The molecule has 0 saturated carbocycles. The summed E-state index contributed by atoms with van der Waals surface area (Å²) in [6.45, 7) is 2.29.